The third-order valence-electron chi connectivity index (χ3n) is 3.05. The first-order valence-corrected chi connectivity index (χ1v) is 5.31. The fourth-order valence-electron chi connectivity index (χ4n) is 2.16. The van der Waals surface area contributed by atoms with Crippen molar-refractivity contribution in [3.63, 3.8) is 0 Å². The quantitative estimate of drug-likeness (QED) is 0.586. The highest BCUT2D eigenvalue weighted by atomic mass is 19.2. The SMILES string of the molecule is N[C@@H]1CNCC[C@H]1c1c(F)c(F)cc(F)c1F. The molecule has 1 heterocycles. The molecule has 1 aliphatic rings. The van der Waals surface area contributed by atoms with E-state index in [0.29, 0.717) is 19.5 Å². The van der Waals surface area contributed by atoms with Gasteiger partial charge in [0.15, 0.2) is 23.3 Å². The van der Waals surface area contributed by atoms with Crippen LogP contribution in [-0.2, 0) is 0 Å². The predicted octanol–water partition coefficient (Wildman–Crippen LogP) is 1.65. The topological polar surface area (TPSA) is 38.0 Å². The van der Waals surface area contributed by atoms with Crippen LogP contribution < -0.4 is 11.1 Å². The molecular weight excluding hydrogens is 236 g/mol. The maximum atomic E-state index is 13.5. The normalized spacial score (nSPS) is 25.0. The molecule has 1 saturated heterocycles. The molecule has 6 heteroatoms. The molecule has 1 aromatic rings. The Labute approximate surface area is 95.8 Å². The van der Waals surface area contributed by atoms with Crippen molar-refractivity contribution in [2.75, 3.05) is 13.1 Å². The molecule has 0 spiro atoms. The molecule has 0 aromatic heterocycles. The summed E-state index contributed by atoms with van der Waals surface area (Å²) < 4.78 is 53.2. The van der Waals surface area contributed by atoms with Crippen LogP contribution in [0.15, 0.2) is 6.07 Å². The van der Waals surface area contributed by atoms with Crippen molar-refractivity contribution in [1.29, 1.82) is 0 Å². The van der Waals surface area contributed by atoms with Crippen LogP contribution in [0.1, 0.15) is 17.9 Å². The molecule has 0 aliphatic carbocycles. The van der Waals surface area contributed by atoms with Crippen molar-refractivity contribution in [3.05, 3.63) is 34.9 Å². The van der Waals surface area contributed by atoms with Gasteiger partial charge in [-0.15, -0.1) is 0 Å². The van der Waals surface area contributed by atoms with Crippen LogP contribution in [0.2, 0.25) is 0 Å². The summed E-state index contributed by atoms with van der Waals surface area (Å²) in [5.74, 6) is -6.16. The number of piperidine rings is 1. The van der Waals surface area contributed by atoms with E-state index in [1.54, 1.807) is 0 Å². The van der Waals surface area contributed by atoms with Gasteiger partial charge in [0.2, 0.25) is 0 Å². The Morgan fingerprint density at radius 3 is 2.24 bits per heavy atom. The lowest BCUT2D eigenvalue weighted by molar-refractivity contribution is 0.360. The maximum absolute atomic E-state index is 13.5. The molecule has 0 saturated carbocycles. The molecule has 0 radical (unpaired) electrons. The van der Waals surface area contributed by atoms with Crippen molar-refractivity contribution in [2.45, 2.75) is 18.4 Å². The summed E-state index contributed by atoms with van der Waals surface area (Å²) in [5, 5.41) is 2.94. The molecule has 2 nitrogen and oxygen atoms in total. The number of benzene rings is 1. The fraction of sp³-hybridized carbons (Fsp3) is 0.455. The number of nitrogens with two attached hydrogens (primary N) is 1. The zero-order chi connectivity index (χ0) is 12.6. The predicted molar refractivity (Wildman–Crippen MR) is 54.5 cm³/mol. The van der Waals surface area contributed by atoms with Crippen molar-refractivity contribution in [2.24, 2.45) is 5.73 Å². The average molecular weight is 248 g/mol. The van der Waals surface area contributed by atoms with E-state index in [2.05, 4.69) is 5.32 Å². The lowest BCUT2D eigenvalue weighted by Crippen LogP contribution is -2.45. The standard InChI is InChI=1S/C11H12F4N2/c12-6-3-7(13)11(15)9(10(6)14)5-1-2-17-4-8(5)16/h3,5,8,17H,1-2,4,16H2/t5-,8-/m1/s1. The Morgan fingerprint density at radius 1 is 1.12 bits per heavy atom. The van der Waals surface area contributed by atoms with Crippen LogP contribution in [0.4, 0.5) is 17.6 Å². The minimum Gasteiger partial charge on any atom is -0.326 e. The second-order valence-electron chi connectivity index (χ2n) is 4.14. The molecule has 1 fully saturated rings. The van der Waals surface area contributed by atoms with Crippen LogP contribution in [-0.4, -0.2) is 19.1 Å². The zero-order valence-corrected chi connectivity index (χ0v) is 8.94. The van der Waals surface area contributed by atoms with Crippen molar-refractivity contribution in [1.82, 2.24) is 5.32 Å². The van der Waals surface area contributed by atoms with E-state index < -0.39 is 40.8 Å². The van der Waals surface area contributed by atoms with Crippen LogP contribution in [0, 0.1) is 23.3 Å². The second kappa shape index (κ2) is 4.62. The molecule has 2 rings (SSSR count). The summed E-state index contributed by atoms with van der Waals surface area (Å²) in [5.41, 5.74) is 5.14. The summed E-state index contributed by atoms with van der Waals surface area (Å²) in [7, 11) is 0. The van der Waals surface area contributed by atoms with Gasteiger partial charge in [-0.3, -0.25) is 0 Å². The Hall–Kier alpha value is -1.14. The summed E-state index contributed by atoms with van der Waals surface area (Å²) in [6.45, 7) is 0.872. The van der Waals surface area contributed by atoms with Crippen molar-refractivity contribution in [3.8, 4) is 0 Å². The highest BCUT2D eigenvalue weighted by Crippen LogP contribution is 2.31. The van der Waals surface area contributed by atoms with Gasteiger partial charge < -0.3 is 11.1 Å². The molecule has 94 valence electrons. The van der Waals surface area contributed by atoms with Crippen molar-refractivity contribution >= 4 is 0 Å². The van der Waals surface area contributed by atoms with E-state index in [9.17, 15) is 17.6 Å². The number of hydrogen-bond donors (Lipinski definition) is 2. The Morgan fingerprint density at radius 2 is 1.71 bits per heavy atom. The first kappa shape index (κ1) is 12.3. The van der Waals surface area contributed by atoms with Gasteiger partial charge in [0, 0.05) is 30.1 Å². The smallest absolute Gasteiger partial charge is 0.165 e. The monoisotopic (exact) mass is 248 g/mol. The van der Waals surface area contributed by atoms with Crippen LogP contribution in [0.5, 0.6) is 0 Å². The minimum atomic E-state index is -1.38. The second-order valence-corrected chi connectivity index (χ2v) is 4.14. The van der Waals surface area contributed by atoms with Crippen LogP contribution in [0.25, 0.3) is 0 Å². The van der Waals surface area contributed by atoms with E-state index in [0.717, 1.165) is 0 Å². The van der Waals surface area contributed by atoms with Crippen LogP contribution >= 0.6 is 0 Å². The van der Waals surface area contributed by atoms with E-state index in [1.807, 2.05) is 0 Å². The molecule has 1 aliphatic heterocycles. The Balaban J connectivity index is 2.49. The van der Waals surface area contributed by atoms with Gasteiger partial charge in [-0.2, -0.15) is 0 Å². The molecule has 17 heavy (non-hydrogen) atoms. The Kier molecular flexibility index (Phi) is 3.35. The van der Waals surface area contributed by atoms with Gasteiger partial charge in [0.1, 0.15) is 0 Å². The van der Waals surface area contributed by atoms with Crippen LogP contribution in [0.3, 0.4) is 0 Å². The van der Waals surface area contributed by atoms with E-state index in [-0.39, 0.29) is 6.07 Å². The lowest BCUT2D eigenvalue weighted by atomic mass is 9.85. The van der Waals surface area contributed by atoms with Gasteiger partial charge in [0.25, 0.3) is 0 Å². The summed E-state index contributed by atoms with van der Waals surface area (Å²) in [6.07, 6.45) is 0.345. The lowest BCUT2D eigenvalue weighted by Gasteiger charge is -2.30. The van der Waals surface area contributed by atoms with Gasteiger partial charge >= 0.3 is 0 Å². The fourth-order valence-corrected chi connectivity index (χ4v) is 2.16. The molecule has 2 atom stereocenters. The van der Waals surface area contributed by atoms with Gasteiger partial charge in [-0.25, -0.2) is 17.6 Å². The molecule has 1 aromatic carbocycles. The maximum Gasteiger partial charge on any atom is 0.165 e. The average Bonchev–Trinajstić information content (AvgIpc) is 2.29. The number of rotatable bonds is 1. The summed E-state index contributed by atoms with van der Waals surface area (Å²) in [4.78, 5) is 0. The van der Waals surface area contributed by atoms with Gasteiger partial charge in [0.05, 0.1) is 0 Å². The first-order chi connectivity index (χ1) is 8.02. The highest BCUT2D eigenvalue weighted by molar-refractivity contribution is 5.28. The summed E-state index contributed by atoms with van der Waals surface area (Å²) >= 11 is 0. The van der Waals surface area contributed by atoms with Gasteiger partial charge in [-0.1, -0.05) is 0 Å². The number of hydrogen-bond acceptors (Lipinski definition) is 2. The van der Waals surface area contributed by atoms with Crippen molar-refractivity contribution < 1.29 is 17.6 Å². The molecule has 0 amide bonds. The molecule has 3 N–H and O–H groups in total. The van der Waals surface area contributed by atoms with E-state index in [4.69, 9.17) is 5.73 Å². The largest absolute Gasteiger partial charge is 0.326 e. The Bertz CT molecular complexity index is 410. The molecule has 0 bridgehead atoms. The van der Waals surface area contributed by atoms with E-state index >= 15 is 0 Å². The molecule has 0 unspecified atom stereocenters. The first-order valence-electron chi connectivity index (χ1n) is 5.31. The third-order valence-corrected chi connectivity index (χ3v) is 3.05. The highest BCUT2D eigenvalue weighted by Gasteiger charge is 2.31. The van der Waals surface area contributed by atoms with E-state index in [1.165, 1.54) is 0 Å². The van der Waals surface area contributed by atoms with Gasteiger partial charge in [-0.05, 0) is 13.0 Å². The molecular formula is C11H12F4N2. The minimum absolute atomic E-state index is 0.209. The zero-order valence-electron chi connectivity index (χ0n) is 8.94. The third kappa shape index (κ3) is 2.14. The number of nitrogens with one attached hydrogen (secondary N) is 1. The number of halogens is 4. The summed E-state index contributed by atoms with van der Waals surface area (Å²) in [6, 6.07) is -0.352.